The van der Waals surface area contributed by atoms with Crippen LogP contribution in [0.5, 0.6) is 0 Å². The van der Waals surface area contributed by atoms with Crippen LogP contribution in [0.2, 0.25) is 0 Å². The highest BCUT2D eigenvalue weighted by atomic mass is 127. The zero-order valence-electron chi connectivity index (χ0n) is 10.2. The Bertz CT molecular complexity index is 433. The van der Waals surface area contributed by atoms with E-state index >= 15 is 0 Å². The third-order valence-electron chi connectivity index (χ3n) is 3.13. The molecule has 1 N–H and O–H groups in total. The van der Waals surface area contributed by atoms with Gasteiger partial charge >= 0.3 is 0 Å². The highest BCUT2D eigenvalue weighted by molar-refractivity contribution is 14.1. The summed E-state index contributed by atoms with van der Waals surface area (Å²) in [7, 11) is 0. The molecular formula is C13H17IN2S. The van der Waals surface area contributed by atoms with E-state index in [4.69, 9.17) is 4.99 Å². The maximum Gasteiger partial charge on any atom is 0.161 e. The van der Waals surface area contributed by atoms with Crippen molar-refractivity contribution < 1.29 is 0 Å². The van der Waals surface area contributed by atoms with Crippen molar-refractivity contribution in [1.82, 2.24) is 0 Å². The summed E-state index contributed by atoms with van der Waals surface area (Å²) in [4.78, 5) is 4.83. The Morgan fingerprint density at radius 2 is 2.24 bits per heavy atom. The molecule has 1 aliphatic heterocycles. The van der Waals surface area contributed by atoms with Crippen molar-refractivity contribution in [2.45, 2.75) is 32.2 Å². The molecule has 0 spiro atoms. The monoisotopic (exact) mass is 360 g/mol. The zero-order valence-corrected chi connectivity index (χ0v) is 13.1. The van der Waals surface area contributed by atoms with Crippen LogP contribution in [-0.2, 0) is 0 Å². The second-order valence-corrected chi connectivity index (χ2v) is 6.72. The van der Waals surface area contributed by atoms with Crippen molar-refractivity contribution in [3.63, 3.8) is 0 Å². The van der Waals surface area contributed by atoms with E-state index in [0.29, 0.717) is 0 Å². The van der Waals surface area contributed by atoms with Crippen molar-refractivity contribution in [2.75, 3.05) is 11.1 Å². The predicted octanol–water partition coefficient (Wildman–Crippen LogP) is 4.36. The SMILES string of the molecule is CCC1(C)CCSC(Nc2ccccc2I)=N1. The lowest BCUT2D eigenvalue weighted by molar-refractivity contribution is 0.443. The summed E-state index contributed by atoms with van der Waals surface area (Å²) in [6.45, 7) is 4.45. The molecule has 1 unspecified atom stereocenters. The van der Waals surface area contributed by atoms with E-state index in [-0.39, 0.29) is 5.54 Å². The lowest BCUT2D eigenvalue weighted by Crippen LogP contribution is -2.29. The number of benzene rings is 1. The van der Waals surface area contributed by atoms with Crippen LogP contribution < -0.4 is 5.32 Å². The number of aliphatic imine (C=N–C) groups is 1. The molecule has 0 aromatic heterocycles. The number of anilines is 1. The van der Waals surface area contributed by atoms with E-state index in [1.165, 1.54) is 9.99 Å². The highest BCUT2D eigenvalue weighted by Crippen LogP contribution is 2.30. The Balaban J connectivity index is 2.17. The van der Waals surface area contributed by atoms with Crippen LogP contribution in [0.4, 0.5) is 5.69 Å². The van der Waals surface area contributed by atoms with Crippen molar-refractivity contribution in [3.05, 3.63) is 27.8 Å². The van der Waals surface area contributed by atoms with Crippen LogP contribution in [0.3, 0.4) is 0 Å². The van der Waals surface area contributed by atoms with Gasteiger partial charge in [-0.1, -0.05) is 30.8 Å². The third kappa shape index (κ3) is 3.37. The molecule has 0 aliphatic carbocycles. The minimum absolute atomic E-state index is 0.119. The van der Waals surface area contributed by atoms with Gasteiger partial charge in [0.05, 0.1) is 11.2 Å². The Kier molecular flexibility index (Phi) is 4.36. The molecule has 0 saturated heterocycles. The van der Waals surface area contributed by atoms with E-state index < -0.39 is 0 Å². The van der Waals surface area contributed by atoms with Crippen LogP contribution in [0, 0.1) is 3.57 Å². The zero-order chi connectivity index (χ0) is 12.3. The first-order valence-electron chi connectivity index (χ1n) is 5.87. The number of halogens is 1. The molecule has 0 saturated carbocycles. The van der Waals surface area contributed by atoms with E-state index in [9.17, 15) is 0 Å². The summed E-state index contributed by atoms with van der Waals surface area (Å²) < 4.78 is 1.23. The van der Waals surface area contributed by atoms with Gasteiger partial charge in [0.2, 0.25) is 0 Å². The average molecular weight is 360 g/mol. The molecule has 92 valence electrons. The molecule has 0 bridgehead atoms. The molecule has 2 nitrogen and oxygen atoms in total. The van der Waals surface area contributed by atoms with Gasteiger partial charge in [-0.25, -0.2) is 0 Å². The minimum atomic E-state index is 0.119. The first kappa shape index (κ1) is 13.2. The predicted molar refractivity (Wildman–Crippen MR) is 86.0 cm³/mol. The second-order valence-electron chi connectivity index (χ2n) is 4.47. The van der Waals surface area contributed by atoms with Gasteiger partial charge in [-0.05, 0) is 54.5 Å². The Morgan fingerprint density at radius 1 is 1.47 bits per heavy atom. The van der Waals surface area contributed by atoms with Gasteiger partial charge in [-0.2, -0.15) is 0 Å². The number of amidine groups is 1. The van der Waals surface area contributed by atoms with Crippen molar-refractivity contribution >= 4 is 45.2 Å². The van der Waals surface area contributed by atoms with E-state index in [0.717, 1.165) is 23.0 Å². The first-order chi connectivity index (χ1) is 8.13. The largest absolute Gasteiger partial charge is 0.334 e. The van der Waals surface area contributed by atoms with Crippen molar-refractivity contribution in [3.8, 4) is 0 Å². The van der Waals surface area contributed by atoms with E-state index in [1.54, 1.807) is 0 Å². The minimum Gasteiger partial charge on any atom is -0.334 e. The summed E-state index contributed by atoms with van der Waals surface area (Å²) in [6, 6.07) is 8.31. The van der Waals surface area contributed by atoms with Gasteiger partial charge < -0.3 is 5.32 Å². The highest BCUT2D eigenvalue weighted by Gasteiger charge is 2.26. The summed E-state index contributed by atoms with van der Waals surface area (Å²) >= 11 is 4.17. The molecule has 1 aromatic rings. The van der Waals surface area contributed by atoms with E-state index in [2.05, 4.69) is 66.0 Å². The fourth-order valence-corrected chi connectivity index (χ4v) is 3.42. The molecule has 17 heavy (non-hydrogen) atoms. The molecule has 1 aromatic carbocycles. The fourth-order valence-electron chi connectivity index (χ4n) is 1.70. The van der Waals surface area contributed by atoms with Crippen LogP contribution in [0.25, 0.3) is 0 Å². The van der Waals surface area contributed by atoms with Crippen molar-refractivity contribution in [1.29, 1.82) is 0 Å². The molecule has 1 aliphatic rings. The third-order valence-corrected chi connectivity index (χ3v) is 4.94. The normalized spacial score (nSPS) is 24.3. The maximum absolute atomic E-state index is 4.83. The van der Waals surface area contributed by atoms with Gasteiger partial charge in [-0.3, -0.25) is 4.99 Å². The molecule has 4 heteroatoms. The number of para-hydroxylation sites is 1. The van der Waals surface area contributed by atoms with Gasteiger partial charge in [0.25, 0.3) is 0 Å². The number of nitrogens with zero attached hydrogens (tertiary/aromatic N) is 1. The standard InChI is InChI=1S/C13H17IN2S/c1-3-13(2)8-9-17-12(16-13)15-11-7-5-4-6-10(11)14/h4-7H,3,8-9H2,1-2H3,(H,15,16). The Hall–Kier alpha value is -0.230. The first-order valence-corrected chi connectivity index (χ1v) is 7.93. The number of rotatable bonds is 2. The maximum atomic E-state index is 4.83. The Morgan fingerprint density at radius 3 is 2.94 bits per heavy atom. The molecule has 0 fully saturated rings. The van der Waals surface area contributed by atoms with Crippen LogP contribution in [0.1, 0.15) is 26.7 Å². The summed E-state index contributed by atoms with van der Waals surface area (Å²) in [6.07, 6.45) is 2.27. The van der Waals surface area contributed by atoms with Gasteiger partial charge in [-0.15, -0.1) is 0 Å². The number of thioether (sulfide) groups is 1. The topological polar surface area (TPSA) is 24.4 Å². The smallest absolute Gasteiger partial charge is 0.161 e. The molecule has 2 rings (SSSR count). The van der Waals surface area contributed by atoms with Crippen molar-refractivity contribution in [2.24, 2.45) is 4.99 Å². The molecule has 0 radical (unpaired) electrons. The van der Waals surface area contributed by atoms with Crippen LogP contribution >= 0.6 is 34.4 Å². The molecule has 0 amide bonds. The quantitative estimate of drug-likeness (QED) is 0.793. The van der Waals surface area contributed by atoms with Crippen LogP contribution in [-0.4, -0.2) is 16.5 Å². The summed E-state index contributed by atoms with van der Waals surface area (Å²) in [5.74, 6) is 1.15. The van der Waals surface area contributed by atoms with Gasteiger partial charge in [0.15, 0.2) is 5.17 Å². The molecule has 1 atom stereocenters. The van der Waals surface area contributed by atoms with Gasteiger partial charge in [0.1, 0.15) is 0 Å². The average Bonchev–Trinajstić information content (AvgIpc) is 2.32. The van der Waals surface area contributed by atoms with Crippen LogP contribution in [0.15, 0.2) is 29.3 Å². The lowest BCUT2D eigenvalue weighted by atomic mass is 9.97. The Labute approximate surface area is 121 Å². The number of hydrogen-bond acceptors (Lipinski definition) is 3. The number of nitrogens with one attached hydrogen (secondary N) is 1. The van der Waals surface area contributed by atoms with E-state index in [1.807, 2.05) is 11.8 Å². The lowest BCUT2D eigenvalue weighted by Gasteiger charge is -2.29. The molecule has 1 heterocycles. The second kappa shape index (κ2) is 5.61. The molecular weight excluding hydrogens is 343 g/mol. The number of hydrogen-bond donors (Lipinski definition) is 1. The van der Waals surface area contributed by atoms with Gasteiger partial charge in [0, 0.05) is 9.32 Å². The summed E-state index contributed by atoms with van der Waals surface area (Å²) in [5, 5.41) is 4.50. The fraction of sp³-hybridized carbons (Fsp3) is 0.462. The summed E-state index contributed by atoms with van der Waals surface area (Å²) in [5.41, 5.74) is 1.27.